The van der Waals surface area contributed by atoms with E-state index in [0.717, 1.165) is 0 Å². The number of carbonyl (C=O) groups excluding carboxylic acids is 1. The van der Waals surface area contributed by atoms with E-state index in [1.165, 1.54) is 20.8 Å². The Balaban J connectivity index is 3.44. The van der Waals surface area contributed by atoms with Crippen molar-refractivity contribution in [3.63, 3.8) is 0 Å². The van der Waals surface area contributed by atoms with Crippen LogP contribution in [0.1, 0.15) is 26.3 Å². The zero-order valence-electron chi connectivity index (χ0n) is 8.70. The van der Waals surface area contributed by atoms with Gasteiger partial charge in [0.2, 0.25) is 0 Å². The van der Waals surface area contributed by atoms with Crippen LogP contribution < -0.4 is 0 Å². The first kappa shape index (κ1) is 11.8. The average Bonchev–Trinajstić information content (AvgIpc) is 2.00. The van der Waals surface area contributed by atoms with Crippen LogP contribution in [0.15, 0.2) is 12.1 Å². The van der Waals surface area contributed by atoms with Gasteiger partial charge in [-0.05, 0) is 20.8 Å². The molecule has 1 aromatic carbocycles. The van der Waals surface area contributed by atoms with E-state index in [0.29, 0.717) is 12.1 Å². The molecule has 0 saturated heterocycles. The van der Waals surface area contributed by atoms with Gasteiger partial charge in [-0.1, -0.05) is 0 Å². The van der Waals surface area contributed by atoms with Gasteiger partial charge in [0.15, 0.2) is 0 Å². The Bertz CT molecular complexity index is 387. The molecule has 0 spiro atoms. The SMILES string of the molecule is CC(=O)C(C)(C)c1c(F)cc(F)cc1F. The maximum Gasteiger partial charge on any atom is 0.139 e. The van der Waals surface area contributed by atoms with Gasteiger partial charge in [0.05, 0.1) is 5.41 Å². The second kappa shape index (κ2) is 3.68. The standard InChI is InChI=1S/C11H11F3O/c1-6(15)11(2,3)10-8(13)4-7(12)5-9(10)14/h4-5H,1-3H3. The quantitative estimate of drug-likeness (QED) is 0.742. The van der Waals surface area contributed by atoms with Gasteiger partial charge in [-0.15, -0.1) is 0 Å². The molecule has 0 fully saturated rings. The van der Waals surface area contributed by atoms with Crippen LogP contribution in [0.2, 0.25) is 0 Å². The number of hydrogen-bond donors (Lipinski definition) is 0. The minimum absolute atomic E-state index is 0.382. The second-order valence-electron chi connectivity index (χ2n) is 3.93. The topological polar surface area (TPSA) is 17.1 Å². The summed E-state index contributed by atoms with van der Waals surface area (Å²) in [5, 5.41) is 0. The number of ketones is 1. The van der Waals surface area contributed by atoms with Gasteiger partial charge < -0.3 is 0 Å². The van der Waals surface area contributed by atoms with E-state index in [2.05, 4.69) is 0 Å². The summed E-state index contributed by atoms with van der Waals surface area (Å²) in [4.78, 5) is 11.2. The van der Waals surface area contributed by atoms with Crippen molar-refractivity contribution in [2.45, 2.75) is 26.2 Å². The van der Waals surface area contributed by atoms with Crippen LogP contribution in [0.3, 0.4) is 0 Å². The maximum absolute atomic E-state index is 13.3. The summed E-state index contributed by atoms with van der Waals surface area (Å²) < 4.78 is 39.3. The minimum atomic E-state index is -1.29. The Labute approximate surface area is 85.9 Å². The Morgan fingerprint density at radius 2 is 1.53 bits per heavy atom. The molecule has 15 heavy (non-hydrogen) atoms. The van der Waals surface area contributed by atoms with E-state index in [1.54, 1.807) is 0 Å². The van der Waals surface area contributed by atoms with E-state index < -0.39 is 28.4 Å². The molecule has 0 atom stereocenters. The van der Waals surface area contributed by atoms with Gasteiger partial charge in [-0.3, -0.25) is 4.79 Å². The molecule has 1 aromatic rings. The van der Waals surface area contributed by atoms with Crippen LogP contribution in [-0.2, 0) is 10.2 Å². The molecule has 0 N–H and O–H groups in total. The molecule has 0 aliphatic rings. The molecule has 0 aliphatic carbocycles. The van der Waals surface area contributed by atoms with Crippen molar-refractivity contribution >= 4 is 5.78 Å². The lowest BCUT2D eigenvalue weighted by Crippen LogP contribution is -2.29. The van der Waals surface area contributed by atoms with Crippen molar-refractivity contribution < 1.29 is 18.0 Å². The molecule has 82 valence electrons. The van der Waals surface area contributed by atoms with Crippen LogP contribution >= 0.6 is 0 Å². The third-order valence-electron chi connectivity index (χ3n) is 2.51. The number of hydrogen-bond acceptors (Lipinski definition) is 1. The fourth-order valence-corrected chi connectivity index (χ4v) is 1.32. The van der Waals surface area contributed by atoms with Crippen molar-refractivity contribution in [3.8, 4) is 0 Å². The molecule has 0 saturated carbocycles. The van der Waals surface area contributed by atoms with Gasteiger partial charge in [0.25, 0.3) is 0 Å². The lowest BCUT2D eigenvalue weighted by Gasteiger charge is -2.22. The molecular weight excluding hydrogens is 205 g/mol. The molecule has 1 rings (SSSR count). The smallest absolute Gasteiger partial charge is 0.139 e. The molecule has 0 bridgehead atoms. The third-order valence-corrected chi connectivity index (χ3v) is 2.51. The summed E-state index contributed by atoms with van der Waals surface area (Å²) in [7, 11) is 0. The lowest BCUT2D eigenvalue weighted by molar-refractivity contribution is -0.121. The van der Waals surface area contributed by atoms with Crippen molar-refractivity contribution in [2.24, 2.45) is 0 Å². The summed E-state index contributed by atoms with van der Waals surface area (Å²) in [5.74, 6) is -3.44. The number of halogens is 3. The summed E-state index contributed by atoms with van der Waals surface area (Å²) in [6.07, 6.45) is 0. The molecule has 0 unspecified atom stereocenters. The van der Waals surface area contributed by atoms with Crippen LogP contribution in [0, 0.1) is 17.5 Å². The van der Waals surface area contributed by atoms with Crippen molar-refractivity contribution in [1.82, 2.24) is 0 Å². The highest BCUT2D eigenvalue weighted by molar-refractivity contribution is 5.87. The van der Waals surface area contributed by atoms with Crippen molar-refractivity contribution in [1.29, 1.82) is 0 Å². The first-order valence-electron chi connectivity index (χ1n) is 4.43. The first-order chi connectivity index (χ1) is 6.76. The predicted molar refractivity (Wildman–Crippen MR) is 50.0 cm³/mol. The van der Waals surface area contributed by atoms with E-state index >= 15 is 0 Å². The fraction of sp³-hybridized carbons (Fsp3) is 0.364. The zero-order chi connectivity index (χ0) is 11.8. The Morgan fingerprint density at radius 1 is 1.13 bits per heavy atom. The first-order valence-corrected chi connectivity index (χ1v) is 4.43. The average molecular weight is 216 g/mol. The molecule has 0 radical (unpaired) electrons. The van der Waals surface area contributed by atoms with E-state index in [9.17, 15) is 18.0 Å². The minimum Gasteiger partial charge on any atom is -0.299 e. The molecule has 0 amide bonds. The second-order valence-corrected chi connectivity index (χ2v) is 3.93. The van der Waals surface area contributed by atoms with Gasteiger partial charge in [0, 0.05) is 17.7 Å². The highest BCUT2D eigenvalue weighted by Crippen LogP contribution is 2.29. The summed E-state index contributed by atoms with van der Waals surface area (Å²) >= 11 is 0. The van der Waals surface area contributed by atoms with E-state index in [1.807, 2.05) is 0 Å². The Hall–Kier alpha value is -1.32. The molecule has 0 heterocycles. The van der Waals surface area contributed by atoms with Crippen LogP contribution in [0.5, 0.6) is 0 Å². The van der Waals surface area contributed by atoms with Crippen LogP contribution in [-0.4, -0.2) is 5.78 Å². The van der Waals surface area contributed by atoms with Gasteiger partial charge in [-0.25, -0.2) is 13.2 Å². The van der Waals surface area contributed by atoms with Crippen LogP contribution in [0.25, 0.3) is 0 Å². The molecule has 0 aromatic heterocycles. The monoisotopic (exact) mass is 216 g/mol. The highest BCUT2D eigenvalue weighted by Gasteiger charge is 2.32. The van der Waals surface area contributed by atoms with E-state index in [-0.39, 0.29) is 5.78 Å². The van der Waals surface area contributed by atoms with Crippen LogP contribution in [0.4, 0.5) is 13.2 Å². The van der Waals surface area contributed by atoms with Gasteiger partial charge in [0.1, 0.15) is 23.2 Å². The Kier molecular flexibility index (Phi) is 2.88. The van der Waals surface area contributed by atoms with Gasteiger partial charge >= 0.3 is 0 Å². The third kappa shape index (κ3) is 2.03. The van der Waals surface area contributed by atoms with Crippen molar-refractivity contribution in [3.05, 3.63) is 35.1 Å². The fourth-order valence-electron chi connectivity index (χ4n) is 1.32. The zero-order valence-corrected chi connectivity index (χ0v) is 8.70. The Morgan fingerprint density at radius 3 is 1.87 bits per heavy atom. The molecule has 4 heteroatoms. The number of Topliss-reactive ketones (excluding diaryl/α,β-unsaturated/α-hetero) is 1. The maximum atomic E-state index is 13.3. The number of rotatable bonds is 2. The number of benzene rings is 1. The summed E-state index contributed by atoms with van der Waals surface area (Å²) in [6, 6.07) is 1.15. The number of carbonyl (C=O) groups is 1. The van der Waals surface area contributed by atoms with Crippen molar-refractivity contribution in [2.75, 3.05) is 0 Å². The van der Waals surface area contributed by atoms with E-state index in [4.69, 9.17) is 0 Å². The van der Waals surface area contributed by atoms with Gasteiger partial charge in [-0.2, -0.15) is 0 Å². The molecular formula is C11H11F3O. The predicted octanol–water partition coefficient (Wildman–Crippen LogP) is 2.97. The normalized spacial score (nSPS) is 11.6. The largest absolute Gasteiger partial charge is 0.299 e. The molecule has 0 aliphatic heterocycles. The molecule has 1 nitrogen and oxygen atoms in total. The highest BCUT2D eigenvalue weighted by atomic mass is 19.1. The summed E-state index contributed by atoms with van der Waals surface area (Å²) in [5.41, 5.74) is -1.68. The summed E-state index contributed by atoms with van der Waals surface area (Å²) in [6.45, 7) is 4.03. The lowest BCUT2D eigenvalue weighted by atomic mass is 9.80.